The first-order chi connectivity index (χ1) is 10.7. The van der Waals surface area contributed by atoms with Crippen LogP contribution in [-0.2, 0) is 16.1 Å². The molecule has 0 aliphatic carbocycles. The summed E-state index contributed by atoms with van der Waals surface area (Å²) in [5, 5.41) is 5.95. The summed E-state index contributed by atoms with van der Waals surface area (Å²) in [4.78, 5) is 26.2. The molecule has 2 N–H and O–H groups in total. The third kappa shape index (κ3) is 3.65. The van der Waals surface area contributed by atoms with Crippen molar-refractivity contribution in [3.05, 3.63) is 35.9 Å². The van der Waals surface area contributed by atoms with Crippen LogP contribution in [0, 0.1) is 0 Å². The smallest absolute Gasteiger partial charge is 0.234 e. The van der Waals surface area contributed by atoms with Crippen LogP contribution >= 0.6 is 0 Å². The SMILES string of the molecule is O=C1C[C@H]2CCC[C@@H](CN1)N2CC(=O)NCc1ccccc1. The van der Waals surface area contributed by atoms with Crippen molar-refractivity contribution < 1.29 is 9.59 Å². The lowest BCUT2D eigenvalue weighted by Gasteiger charge is -2.39. The van der Waals surface area contributed by atoms with Gasteiger partial charge in [-0.3, -0.25) is 14.5 Å². The van der Waals surface area contributed by atoms with Gasteiger partial charge in [-0.05, 0) is 18.4 Å². The molecule has 0 radical (unpaired) electrons. The molecule has 5 heteroatoms. The number of amides is 2. The Morgan fingerprint density at radius 3 is 2.82 bits per heavy atom. The van der Waals surface area contributed by atoms with E-state index in [0.29, 0.717) is 32.1 Å². The van der Waals surface area contributed by atoms with Gasteiger partial charge in [0.25, 0.3) is 0 Å². The lowest BCUT2D eigenvalue weighted by molar-refractivity contribution is -0.125. The highest BCUT2D eigenvalue weighted by Crippen LogP contribution is 2.26. The van der Waals surface area contributed by atoms with Crippen LogP contribution < -0.4 is 10.6 Å². The molecule has 0 unspecified atom stereocenters. The summed E-state index contributed by atoms with van der Waals surface area (Å²) in [6, 6.07) is 10.4. The third-order valence-corrected chi connectivity index (χ3v) is 4.63. The van der Waals surface area contributed by atoms with Gasteiger partial charge in [0.15, 0.2) is 0 Å². The van der Waals surface area contributed by atoms with E-state index in [0.717, 1.165) is 24.8 Å². The fourth-order valence-corrected chi connectivity index (χ4v) is 3.45. The lowest BCUT2D eigenvalue weighted by atomic mass is 9.94. The molecular formula is C17H23N3O2. The zero-order valence-corrected chi connectivity index (χ0v) is 12.8. The molecule has 2 bridgehead atoms. The van der Waals surface area contributed by atoms with Crippen molar-refractivity contribution in [1.29, 1.82) is 0 Å². The monoisotopic (exact) mass is 301 g/mol. The van der Waals surface area contributed by atoms with Crippen LogP contribution in [0.15, 0.2) is 30.3 Å². The van der Waals surface area contributed by atoms with E-state index in [1.54, 1.807) is 0 Å². The standard InChI is InChI=1S/C17H23N3O2/c21-16-9-14-7-4-8-15(11-19-16)20(14)12-17(22)18-10-13-5-2-1-3-6-13/h1-3,5-6,14-15H,4,7-12H2,(H,18,22)(H,19,21)/t14-,15+/m1/s1. The molecular weight excluding hydrogens is 278 g/mol. The van der Waals surface area contributed by atoms with Gasteiger partial charge in [0.1, 0.15) is 0 Å². The Morgan fingerprint density at radius 1 is 1.23 bits per heavy atom. The van der Waals surface area contributed by atoms with Crippen LogP contribution in [-0.4, -0.2) is 41.9 Å². The average molecular weight is 301 g/mol. The topological polar surface area (TPSA) is 61.4 Å². The summed E-state index contributed by atoms with van der Waals surface area (Å²) >= 11 is 0. The van der Waals surface area contributed by atoms with Crippen molar-refractivity contribution in [3.63, 3.8) is 0 Å². The largest absolute Gasteiger partial charge is 0.354 e. The van der Waals surface area contributed by atoms with Crippen molar-refractivity contribution in [1.82, 2.24) is 15.5 Å². The molecule has 2 aliphatic heterocycles. The number of hydrogen-bond donors (Lipinski definition) is 2. The number of carbonyl (C=O) groups excluding carboxylic acids is 2. The summed E-state index contributed by atoms with van der Waals surface area (Å²) in [5.41, 5.74) is 1.10. The second-order valence-corrected chi connectivity index (χ2v) is 6.18. The fourth-order valence-electron chi connectivity index (χ4n) is 3.45. The highest BCUT2D eigenvalue weighted by Gasteiger charge is 2.35. The summed E-state index contributed by atoms with van der Waals surface area (Å²) in [6.07, 6.45) is 3.73. The second-order valence-electron chi connectivity index (χ2n) is 6.18. The molecule has 118 valence electrons. The van der Waals surface area contributed by atoms with Crippen molar-refractivity contribution in [3.8, 4) is 0 Å². The molecule has 2 aliphatic rings. The predicted octanol–water partition coefficient (Wildman–Crippen LogP) is 1.05. The summed E-state index contributed by atoms with van der Waals surface area (Å²) in [7, 11) is 0. The predicted molar refractivity (Wildman–Crippen MR) is 84.0 cm³/mol. The van der Waals surface area contributed by atoms with Crippen LogP contribution in [0.25, 0.3) is 0 Å². The zero-order valence-electron chi connectivity index (χ0n) is 12.8. The second kappa shape index (κ2) is 6.92. The van der Waals surface area contributed by atoms with Crippen molar-refractivity contribution in [2.75, 3.05) is 13.1 Å². The van der Waals surface area contributed by atoms with Crippen molar-refractivity contribution in [2.45, 2.75) is 44.3 Å². The number of fused-ring (bicyclic) bond motifs is 2. The highest BCUT2D eigenvalue weighted by molar-refractivity contribution is 5.79. The molecule has 0 spiro atoms. The molecule has 3 rings (SSSR count). The number of rotatable bonds is 4. The lowest BCUT2D eigenvalue weighted by Crippen LogP contribution is -2.51. The van der Waals surface area contributed by atoms with E-state index >= 15 is 0 Å². The normalized spacial score (nSPS) is 25.2. The van der Waals surface area contributed by atoms with Crippen LogP contribution in [0.5, 0.6) is 0 Å². The number of benzene rings is 1. The molecule has 5 nitrogen and oxygen atoms in total. The van der Waals surface area contributed by atoms with Gasteiger partial charge in [0.05, 0.1) is 6.54 Å². The van der Waals surface area contributed by atoms with E-state index < -0.39 is 0 Å². The van der Waals surface area contributed by atoms with Gasteiger partial charge in [-0.2, -0.15) is 0 Å². The van der Waals surface area contributed by atoms with Crippen LogP contribution in [0.4, 0.5) is 0 Å². The molecule has 2 amide bonds. The van der Waals surface area contributed by atoms with Crippen molar-refractivity contribution in [2.24, 2.45) is 0 Å². The minimum Gasteiger partial charge on any atom is -0.354 e. The first-order valence-corrected chi connectivity index (χ1v) is 8.05. The van der Waals surface area contributed by atoms with Crippen molar-refractivity contribution >= 4 is 11.8 Å². The molecule has 1 aromatic rings. The van der Waals surface area contributed by atoms with Gasteiger partial charge >= 0.3 is 0 Å². The Hall–Kier alpha value is -1.88. The molecule has 2 saturated heterocycles. The summed E-state index contributed by atoms with van der Waals surface area (Å²) < 4.78 is 0. The minimum absolute atomic E-state index is 0.0371. The van der Waals surface area contributed by atoms with E-state index in [1.807, 2.05) is 30.3 Å². The molecule has 22 heavy (non-hydrogen) atoms. The summed E-state index contributed by atoms with van der Waals surface area (Å²) in [6.45, 7) is 1.61. The van der Waals surface area contributed by atoms with E-state index in [4.69, 9.17) is 0 Å². The fraction of sp³-hybridized carbons (Fsp3) is 0.529. The quantitative estimate of drug-likeness (QED) is 0.874. The maximum Gasteiger partial charge on any atom is 0.234 e. The van der Waals surface area contributed by atoms with E-state index in [1.165, 1.54) is 0 Å². The Kier molecular flexibility index (Phi) is 4.73. The maximum atomic E-state index is 12.3. The number of nitrogens with zero attached hydrogens (tertiary/aromatic N) is 1. The molecule has 1 aromatic carbocycles. The van der Waals surface area contributed by atoms with E-state index in [-0.39, 0.29) is 17.9 Å². The first-order valence-electron chi connectivity index (χ1n) is 8.05. The Morgan fingerprint density at radius 2 is 2.00 bits per heavy atom. The average Bonchev–Trinajstić information content (AvgIpc) is 2.61. The van der Waals surface area contributed by atoms with Crippen LogP contribution in [0.3, 0.4) is 0 Å². The number of piperidine rings is 1. The molecule has 2 fully saturated rings. The number of nitrogens with one attached hydrogen (secondary N) is 2. The van der Waals surface area contributed by atoms with Crippen LogP contribution in [0.1, 0.15) is 31.2 Å². The highest BCUT2D eigenvalue weighted by atomic mass is 16.2. The van der Waals surface area contributed by atoms with Gasteiger partial charge in [-0.15, -0.1) is 0 Å². The Bertz CT molecular complexity index is 532. The first kappa shape index (κ1) is 15.0. The number of hydrogen-bond acceptors (Lipinski definition) is 3. The van der Waals surface area contributed by atoms with E-state index in [2.05, 4.69) is 15.5 Å². The molecule has 0 saturated carbocycles. The third-order valence-electron chi connectivity index (χ3n) is 4.63. The van der Waals surface area contributed by atoms with Gasteiger partial charge in [0.2, 0.25) is 11.8 Å². The van der Waals surface area contributed by atoms with E-state index in [9.17, 15) is 9.59 Å². The Labute approximate surface area is 131 Å². The van der Waals surface area contributed by atoms with Gasteiger partial charge < -0.3 is 10.6 Å². The van der Waals surface area contributed by atoms with Gasteiger partial charge in [-0.1, -0.05) is 36.8 Å². The van der Waals surface area contributed by atoms with Gasteiger partial charge in [-0.25, -0.2) is 0 Å². The summed E-state index contributed by atoms with van der Waals surface area (Å²) in [5.74, 6) is 0.152. The zero-order chi connectivity index (χ0) is 15.4. The molecule has 2 heterocycles. The van der Waals surface area contributed by atoms with Crippen LogP contribution in [0.2, 0.25) is 0 Å². The van der Waals surface area contributed by atoms with Gasteiger partial charge in [0, 0.05) is 31.6 Å². The maximum absolute atomic E-state index is 12.3. The molecule has 2 atom stereocenters. The Balaban J connectivity index is 1.57. The minimum atomic E-state index is 0.0371. The molecule has 0 aromatic heterocycles. The number of carbonyl (C=O) groups is 2.